The number of halogens is 1. The van der Waals surface area contributed by atoms with Gasteiger partial charge in [-0.15, -0.1) is 0 Å². The number of aryl methyl sites for hydroxylation is 1. The second-order valence-electron chi connectivity index (χ2n) is 4.27. The summed E-state index contributed by atoms with van der Waals surface area (Å²) in [7, 11) is 1.94. The van der Waals surface area contributed by atoms with Gasteiger partial charge in [0.25, 0.3) is 0 Å². The summed E-state index contributed by atoms with van der Waals surface area (Å²) in [5.41, 5.74) is 2.42. The number of hydrogen-bond acceptors (Lipinski definition) is 3. The number of rotatable bonds is 5. The van der Waals surface area contributed by atoms with E-state index in [4.69, 9.17) is 0 Å². The lowest BCUT2D eigenvalue weighted by Crippen LogP contribution is -2.23. The second kappa shape index (κ2) is 6.11. The Bertz CT molecular complexity index is 509. The molecule has 0 aliphatic rings. The number of likely N-dealkylation sites (N-methyl/N-ethyl adjacent to an activating group) is 1. The minimum absolute atomic E-state index is 0.268. The topological polar surface area (TPSA) is 42.7 Å². The fraction of sp³-hybridized carbons (Fsp3) is 0.385. The minimum atomic E-state index is 0.268. The molecule has 4 nitrogen and oxygen atoms in total. The predicted molar refractivity (Wildman–Crippen MR) is 75.3 cm³/mol. The molecular weight excluding hydrogens is 292 g/mol. The van der Waals surface area contributed by atoms with Crippen LogP contribution in [0.4, 0.5) is 0 Å². The average molecular weight is 309 g/mol. The molecule has 0 aliphatic heterocycles. The van der Waals surface area contributed by atoms with Gasteiger partial charge in [0, 0.05) is 36.2 Å². The van der Waals surface area contributed by atoms with E-state index < -0.39 is 0 Å². The van der Waals surface area contributed by atoms with Crippen molar-refractivity contribution >= 4 is 15.9 Å². The van der Waals surface area contributed by atoms with Crippen LogP contribution >= 0.6 is 15.9 Å². The molecule has 2 rings (SSSR count). The van der Waals surface area contributed by atoms with E-state index in [0.717, 1.165) is 17.4 Å². The summed E-state index contributed by atoms with van der Waals surface area (Å²) in [6.45, 7) is 3.04. The summed E-state index contributed by atoms with van der Waals surface area (Å²) < 4.78 is 2.84. The van der Waals surface area contributed by atoms with Crippen molar-refractivity contribution in [3.05, 3.63) is 46.5 Å². The lowest BCUT2D eigenvalue weighted by atomic mass is 10.0. The molecule has 2 aromatic heterocycles. The van der Waals surface area contributed by atoms with E-state index in [1.54, 1.807) is 6.20 Å². The van der Waals surface area contributed by atoms with Crippen LogP contribution in [0, 0.1) is 0 Å². The molecule has 0 aromatic carbocycles. The Balaban J connectivity index is 2.17. The Hall–Kier alpha value is -1.20. The second-order valence-corrected chi connectivity index (χ2v) is 5.19. The highest BCUT2D eigenvalue weighted by molar-refractivity contribution is 9.10. The first-order valence-electron chi connectivity index (χ1n) is 6.00. The summed E-state index contributed by atoms with van der Waals surface area (Å²) in [5.74, 6) is 0. The molecule has 1 unspecified atom stereocenters. The molecule has 1 atom stereocenters. The zero-order chi connectivity index (χ0) is 13.0. The van der Waals surface area contributed by atoms with E-state index in [1.165, 1.54) is 11.1 Å². The van der Waals surface area contributed by atoms with Gasteiger partial charge in [-0.1, -0.05) is 6.92 Å². The quantitative estimate of drug-likeness (QED) is 0.922. The van der Waals surface area contributed by atoms with Gasteiger partial charge in [0.15, 0.2) is 0 Å². The van der Waals surface area contributed by atoms with Crippen molar-refractivity contribution in [2.24, 2.45) is 7.05 Å². The molecule has 0 radical (unpaired) electrons. The minimum Gasteiger partial charge on any atom is -0.310 e. The third kappa shape index (κ3) is 3.40. The van der Waals surface area contributed by atoms with Crippen molar-refractivity contribution in [1.82, 2.24) is 20.1 Å². The van der Waals surface area contributed by atoms with Crippen molar-refractivity contribution in [3.63, 3.8) is 0 Å². The van der Waals surface area contributed by atoms with Gasteiger partial charge in [-0.05, 0) is 46.1 Å². The summed E-state index contributed by atoms with van der Waals surface area (Å²) in [5, 5.41) is 7.69. The SMILES string of the molecule is CCNC(Cc1cnn(C)c1)c1cncc(Br)c1. The maximum Gasteiger partial charge on any atom is 0.0522 e. The molecule has 1 N–H and O–H groups in total. The van der Waals surface area contributed by atoms with Crippen LogP contribution < -0.4 is 5.32 Å². The van der Waals surface area contributed by atoms with Crippen LogP contribution in [0.1, 0.15) is 24.1 Å². The van der Waals surface area contributed by atoms with E-state index in [1.807, 2.05) is 24.1 Å². The lowest BCUT2D eigenvalue weighted by molar-refractivity contribution is 0.547. The largest absolute Gasteiger partial charge is 0.310 e. The predicted octanol–water partition coefficient (Wildman–Crippen LogP) is 2.47. The Kier molecular flexibility index (Phi) is 4.49. The van der Waals surface area contributed by atoms with E-state index in [9.17, 15) is 0 Å². The van der Waals surface area contributed by atoms with Crippen LogP contribution in [0.2, 0.25) is 0 Å². The molecule has 18 heavy (non-hydrogen) atoms. The molecule has 0 saturated heterocycles. The number of nitrogens with zero attached hydrogens (tertiary/aromatic N) is 3. The van der Waals surface area contributed by atoms with Crippen molar-refractivity contribution in [1.29, 1.82) is 0 Å². The zero-order valence-electron chi connectivity index (χ0n) is 10.6. The van der Waals surface area contributed by atoms with Gasteiger partial charge < -0.3 is 5.32 Å². The number of pyridine rings is 1. The number of nitrogens with one attached hydrogen (secondary N) is 1. The van der Waals surface area contributed by atoms with Crippen LogP contribution in [-0.4, -0.2) is 21.3 Å². The molecule has 2 heterocycles. The lowest BCUT2D eigenvalue weighted by Gasteiger charge is -2.17. The Morgan fingerprint density at radius 3 is 2.83 bits per heavy atom. The van der Waals surface area contributed by atoms with E-state index in [2.05, 4.69) is 50.5 Å². The third-order valence-electron chi connectivity index (χ3n) is 2.78. The smallest absolute Gasteiger partial charge is 0.0522 e. The maximum absolute atomic E-state index is 4.23. The van der Waals surface area contributed by atoms with Gasteiger partial charge >= 0.3 is 0 Å². The molecule has 0 spiro atoms. The van der Waals surface area contributed by atoms with Gasteiger partial charge in [0.1, 0.15) is 0 Å². The molecule has 0 amide bonds. The van der Waals surface area contributed by atoms with Gasteiger partial charge in [0.2, 0.25) is 0 Å². The summed E-state index contributed by atoms with van der Waals surface area (Å²) >= 11 is 3.46. The summed E-state index contributed by atoms with van der Waals surface area (Å²) in [6, 6.07) is 2.38. The first kappa shape index (κ1) is 13.2. The Morgan fingerprint density at radius 2 is 2.22 bits per heavy atom. The van der Waals surface area contributed by atoms with Gasteiger partial charge in [0.05, 0.1) is 6.20 Å². The van der Waals surface area contributed by atoms with Crippen LogP contribution in [-0.2, 0) is 13.5 Å². The molecular formula is C13H17BrN4. The first-order chi connectivity index (χ1) is 8.69. The first-order valence-corrected chi connectivity index (χ1v) is 6.79. The summed E-state index contributed by atoms with van der Waals surface area (Å²) in [6.07, 6.45) is 8.59. The molecule has 2 aromatic rings. The molecule has 0 bridgehead atoms. The van der Waals surface area contributed by atoms with Crippen LogP contribution in [0.5, 0.6) is 0 Å². The van der Waals surface area contributed by atoms with Crippen LogP contribution in [0.15, 0.2) is 35.3 Å². The molecule has 0 fully saturated rings. The zero-order valence-corrected chi connectivity index (χ0v) is 12.2. The van der Waals surface area contributed by atoms with E-state index in [-0.39, 0.29) is 6.04 Å². The fourth-order valence-electron chi connectivity index (χ4n) is 1.99. The molecule has 96 valence electrons. The standard InChI is InChI=1S/C13H17BrN4/c1-3-16-13(4-10-6-17-18(2)9-10)11-5-12(14)8-15-7-11/h5-9,13,16H,3-4H2,1-2H3. The maximum atomic E-state index is 4.23. The van der Waals surface area contributed by atoms with Crippen LogP contribution in [0.3, 0.4) is 0 Å². The highest BCUT2D eigenvalue weighted by Gasteiger charge is 2.12. The van der Waals surface area contributed by atoms with Crippen molar-refractivity contribution in [3.8, 4) is 0 Å². The van der Waals surface area contributed by atoms with Gasteiger partial charge in [-0.2, -0.15) is 5.10 Å². The average Bonchev–Trinajstić information content (AvgIpc) is 2.74. The highest BCUT2D eigenvalue weighted by Crippen LogP contribution is 2.20. The highest BCUT2D eigenvalue weighted by atomic mass is 79.9. The molecule has 0 saturated carbocycles. The summed E-state index contributed by atoms with van der Waals surface area (Å²) in [4.78, 5) is 4.23. The monoisotopic (exact) mass is 308 g/mol. The van der Waals surface area contributed by atoms with Crippen LogP contribution in [0.25, 0.3) is 0 Å². The Labute approximate surface area is 116 Å². The number of hydrogen-bond donors (Lipinski definition) is 1. The fourth-order valence-corrected chi connectivity index (χ4v) is 2.37. The van der Waals surface area contributed by atoms with Crippen molar-refractivity contribution in [2.75, 3.05) is 6.54 Å². The number of aromatic nitrogens is 3. The van der Waals surface area contributed by atoms with Gasteiger partial charge in [-0.25, -0.2) is 0 Å². The molecule has 5 heteroatoms. The normalized spacial score (nSPS) is 12.6. The van der Waals surface area contributed by atoms with E-state index >= 15 is 0 Å². The van der Waals surface area contributed by atoms with E-state index in [0.29, 0.717) is 0 Å². The van der Waals surface area contributed by atoms with Gasteiger partial charge in [-0.3, -0.25) is 9.67 Å². The molecule has 0 aliphatic carbocycles. The van der Waals surface area contributed by atoms with Crippen molar-refractivity contribution in [2.45, 2.75) is 19.4 Å². The Morgan fingerprint density at radius 1 is 1.39 bits per heavy atom. The third-order valence-corrected chi connectivity index (χ3v) is 3.21. The van der Waals surface area contributed by atoms with Crippen molar-refractivity contribution < 1.29 is 0 Å².